The predicted octanol–water partition coefficient (Wildman–Crippen LogP) is 6.29. The molecule has 0 radical (unpaired) electrons. The first-order valence-corrected chi connectivity index (χ1v) is 13.5. The zero-order valence-corrected chi connectivity index (χ0v) is 22.6. The lowest BCUT2D eigenvalue weighted by molar-refractivity contribution is 0.194. The molecule has 0 bridgehead atoms. The van der Waals surface area contributed by atoms with Crippen LogP contribution in [0.25, 0.3) is 5.00 Å². The van der Waals surface area contributed by atoms with Crippen LogP contribution >= 0.6 is 11.3 Å². The van der Waals surface area contributed by atoms with E-state index in [0.717, 1.165) is 53.3 Å². The Morgan fingerprint density at radius 2 is 1.92 bits per heavy atom. The molecule has 2 amide bonds. The summed E-state index contributed by atoms with van der Waals surface area (Å²) in [6.45, 7) is 6.62. The summed E-state index contributed by atoms with van der Waals surface area (Å²) < 4.78 is 7.87. The van der Waals surface area contributed by atoms with E-state index < -0.39 is 0 Å². The molecule has 2 aliphatic rings. The second-order valence-corrected chi connectivity index (χ2v) is 11.2. The molecule has 37 heavy (non-hydrogen) atoms. The summed E-state index contributed by atoms with van der Waals surface area (Å²) in [6, 6.07) is 18.1. The highest BCUT2D eigenvalue weighted by Crippen LogP contribution is 2.44. The summed E-state index contributed by atoms with van der Waals surface area (Å²) in [7, 11) is 3.86. The van der Waals surface area contributed by atoms with Gasteiger partial charge in [-0.2, -0.15) is 0 Å². The third kappa shape index (κ3) is 4.22. The number of amides is 2. The van der Waals surface area contributed by atoms with Gasteiger partial charge in [0.1, 0.15) is 10.8 Å². The summed E-state index contributed by atoms with van der Waals surface area (Å²) in [5.41, 5.74) is 7.80. The minimum atomic E-state index is -0.267. The number of thiophene rings is 1. The van der Waals surface area contributed by atoms with Crippen molar-refractivity contribution < 1.29 is 9.53 Å². The molecule has 0 spiro atoms. The Labute approximate surface area is 222 Å². The molecule has 4 aromatic rings. The maximum Gasteiger partial charge on any atom is 0.322 e. The van der Waals surface area contributed by atoms with Crippen molar-refractivity contribution in [2.45, 2.75) is 39.4 Å². The molecule has 1 atom stereocenters. The van der Waals surface area contributed by atoms with Crippen LogP contribution in [0, 0.1) is 13.8 Å². The molecule has 7 heteroatoms. The van der Waals surface area contributed by atoms with Crippen molar-refractivity contribution >= 4 is 23.1 Å². The minimum Gasteiger partial charge on any atom is -0.497 e. The third-order valence-electron chi connectivity index (χ3n) is 7.56. The number of carbonyl (C=O) groups excluding carboxylic acids is 1. The standard InChI is InChI=1S/C30H32N4O2S/c1-19-10-11-20(2)25(15-19)31-30(35)34-17-24-23-12-14-32(3)18-27(23)37-29(24)33-13-6-9-26(33)28(34)21-7-5-8-22(16-21)36-4/h5-11,13,15-16,28H,12,14,17-18H2,1-4H3,(H,31,35)/t28-/m0/s1. The number of rotatable bonds is 3. The number of fused-ring (bicyclic) bond motifs is 5. The number of urea groups is 1. The molecular weight excluding hydrogens is 480 g/mol. The zero-order chi connectivity index (χ0) is 25.7. The quantitative estimate of drug-likeness (QED) is 0.351. The van der Waals surface area contributed by atoms with E-state index >= 15 is 0 Å². The number of hydrogen-bond donors (Lipinski definition) is 1. The lowest BCUT2D eigenvalue weighted by Crippen LogP contribution is -2.38. The molecule has 1 N–H and O–H groups in total. The van der Waals surface area contributed by atoms with Gasteiger partial charge in [-0.25, -0.2) is 4.79 Å². The van der Waals surface area contributed by atoms with Crippen LogP contribution in [-0.2, 0) is 19.5 Å². The number of nitrogens with zero attached hydrogens (tertiary/aromatic N) is 3. The number of nitrogens with one attached hydrogen (secondary N) is 1. The molecule has 6 nitrogen and oxygen atoms in total. The number of ether oxygens (including phenoxy) is 1. The summed E-state index contributed by atoms with van der Waals surface area (Å²) in [5.74, 6) is 0.782. The van der Waals surface area contributed by atoms with Crippen LogP contribution in [0.15, 0.2) is 60.8 Å². The number of likely N-dealkylation sites (N-methyl/N-ethyl adjacent to an activating group) is 1. The number of carbonyl (C=O) groups is 1. The van der Waals surface area contributed by atoms with Gasteiger partial charge in [-0.3, -0.25) is 0 Å². The summed E-state index contributed by atoms with van der Waals surface area (Å²) in [5, 5.41) is 4.48. The van der Waals surface area contributed by atoms with Crippen molar-refractivity contribution in [1.82, 2.24) is 14.4 Å². The Hall–Kier alpha value is -3.55. The van der Waals surface area contributed by atoms with Gasteiger partial charge in [0, 0.05) is 35.4 Å². The van der Waals surface area contributed by atoms with E-state index in [1.807, 2.05) is 54.3 Å². The maximum atomic E-state index is 14.2. The van der Waals surface area contributed by atoms with E-state index in [0.29, 0.717) is 6.54 Å². The van der Waals surface area contributed by atoms with Crippen molar-refractivity contribution in [1.29, 1.82) is 0 Å². The first-order valence-electron chi connectivity index (χ1n) is 12.7. The van der Waals surface area contributed by atoms with Crippen molar-refractivity contribution in [3.8, 4) is 10.8 Å². The van der Waals surface area contributed by atoms with Gasteiger partial charge >= 0.3 is 6.03 Å². The van der Waals surface area contributed by atoms with Crippen LogP contribution in [0.1, 0.15) is 44.4 Å². The number of anilines is 1. The van der Waals surface area contributed by atoms with E-state index in [-0.39, 0.29) is 12.1 Å². The first-order chi connectivity index (χ1) is 17.9. The van der Waals surface area contributed by atoms with Crippen molar-refractivity contribution in [2.75, 3.05) is 26.0 Å². The zero-order valence-electron chi connectivity index (χ0n) is 21.7. The van der Waals surface area contributed by atoms with Crippen LogP contribution in [0.5, 0.6) is 5.75 Å². The lowest BCUT2D eigenvalue weighted by Gasteiger charge is -2.32. The highest BCUT2D eigenvalue weighted by atomic mass is 32.1. The predicted molar refractivity (Wildman–Crippen MR) is 149 cm³/mol. The van der Waals surface area contributed by atoms with E-state index in [1.54, 1.807) is 7.11 Å². The van der Waals surface area contributed by atoms with Crippen LogP contribution < -0.4 is 10.1 Å². The second-order valence-electron chi connectivity index (χ2n) is 10.1. The number of aromatic nitrogens is 1. The minimum absolute atomic E-state index is 0.102. The molecule has 2 aromatic carbocycles. The molecule has 0 saturated carbocycles. The van der Waals surface area contributed by atoms with Gasteiger partial charge in [0.05, 0.1) is 25.4 Å². The SMILES string of the molecule is COc1cccc([C@H]2c3cccn3-c3sc4c(c3CN2C(=O)Nc2cc(C)ccc2C)CCN(C)C4)c1. The fourth-order valence-electron chi connectivity index (χ4n) is 5.57. The molecular formula is C30H32N4O2S. The third-order valence-corrected chi connectivity index (χ3v) is 8.82. The van der Waals surface area contributed by atoms with Crippen molar-refractivity contribution in [3.63, 3.8) is 0 Å². The van der Waals surface area contributed by atoms with Crippen LogP contribution in [0.4, 0.5) is 10.5 Å². The van der Waals surface area contributed by atoms with Crippen LogP contribution in [0.2, 0.25) is 0 Å². The van der Waals surface area contributed by atoms with E-state index in [9.17, 15) is 4.79 Å². The molecule has 190 valence electrons. The molecule has 2 aromatic heterocycles. The fraction of sp³-hybridized carbons (Fsp3) is 0.300. The fourth-order valence-corrected chi connectivity index (χ4v) is 7.01. The highest BCUT2D eigenvalue weighted by Gasteiger charge is 2.36. The van der Waals surface area contributed by atoms with Gasteiger partial charge in [-0.05, 0) is 79.9 Å². The van der Waals surface area contributed by atoms with E-state index in [2.05, 4.69) is 58.4 Å². The number of benzene rings is 2. The molecule has 2 aliphatic heterocycles. The van der Waals surface area contributed by atoms with Crippen molar-refractivity contribution in [3.05, 3.63) is 99.2 Å². The molecule has 0 fully saturated rings. The number of methoxy groups -OCH3 is 1. The van der Waals surface area contributed by atoms with Gasteiger partial charge < -0.3 is 24.4 Å². The first kappa shape index (κ1) is 23.8. The second kappa shape index (κ2) is 9.39. The monoisotopic (exact) mass is 512 g/mol. The number of aryl methyl sites for hydroxylation is 2. The van der Waals surface area contributed by atoms with E-state index in [1.165, 1.54) is 21.0 Å². The average Bonchev–Trinajstić information content (AvgIpc) is 3.47. The molecule has 0 saturated heterocycles. The summed E-state index contributed by atoms with van der Waals surface area (Å²) in [6.07, 6.45) is 3.14. The summed E-state index contributed by atoms with van der Waals surface area (Å²) in [4.78, 5) is 20.0. The Kier molecular flexibility index (Phi) is 6.05. The topological polar surface area (TPSA) is 49.7 Å². The average molecular weight is 513 g/mol. The van der Waals surface area contributed by atoms with Gasteiger partial charge in [-0.15, -0.1) is 11.3 Å². The highest BCUT2D eigenvalue weighted by molar-refractivity contribution is 7.15. The van der Waals surface area contributed by atoms with Gasteiger partial charge in [0.15, 0.2) is 0 Å². The van der Waals surface area contributed by atoms with Gasteiger partial charge in [0.2, 0.25) is 0 Å². The Morgan fingerprint density at radius 1 is 1.05 bits per heavy atom. The molecule has 4 heterocycles. The Morgan fingerprint density at radius 3 is 2.76 bits per heavy atom. The Bertz CT molecular complexity index is 1490. The van der Waals surface area contributed by atoms with Crippen LogP contribution in [-0.4, -0.2) is 41.1 Å². The Balaban J connectivity index is 1.51. The van der Waals surface area contributed by atoms with Crippen molar-refractivity contribution in [2.24, 2.45) is 0 Å². The van der Waals surface area contributed by atoms with Gasteiger partial charge in [0.25, 0.3) is 0 Å². The largest absolute Gasteiger partial charge is 0.497 e. The van der Waals surface area contributed by atoms with Crippen LogP contribution in [0.3, 0.4) is 0 Å². The maximum absolute atomic E-state index is 14.2. The lowest BCUT2D eigenvalue weighted by atomic mass is 10.00. The molecule has 0 unspecified atom stereocenters. The smallest absolute Gasteiger partial charge is 0.322 e. The number of hydrogen-bond acceptors (Lipinski definition) is 4. The summed E-state index contributed by atoms with van der Waals surface area (Å²) >= 11 is 1.87. The molecule has 0 aliphatic carbocycles. The molecule has 6 rings (SSSR count). The van der Waals surface area contributed by atoms with E-state index in [4.69, 9.17) is 4.74 Å². The normalized spacial score (nSPS) is 17.0. The van der Waals surface area contributed by atoms with Gasteiger partial charge in [-0.1, -0.05) is 24.3 Å².